The lowest BCUT2D eigenvalue weighted by atomic mass is 9.80. The van der Waals surface area contributed by atoms with Gasteiger partial charge in [0, 0.05) is 37.8 Å². The third-order valence-electron chi connectivity index (χ3n) is 4.98. The van der Waals surface area contributed by atoms with Crippen molar-refractivity contribution in [1.82, 2.24) is 10.3 Å². The molecule has 7 nitrogen and oxygen atoms in total. The van der Waals surface area contributed by atoms with Gasteiger partial charge in [0.1, 0.15) is 5.82 Å². The van der Waals surface area contributed by atoms with Crippen LogP contribution in [0.3, 0.4) is 0 Å². The molecule has 2 fully saturated rings. The zero-order valence-corrected chi connectivity index (χ0v) is 16.3. The van der Waals surface area contributed by atoms with Crippen molar-refractivity contribution < 1.29 is 32.4 Å². The van der Waals surface area contributed by atoms with Crippen molar-refractivity contribution in [3.8, 4) is 0 Å². The number of nitrogens with one attached hydrogen (secondary N) is 1. The quantitative estimate of drug-likeness (QED) is 0.723. The summed E-state index contributed by atoms with van der Waals surface area (Å²) in [7, 11) is -0.334. The Morgan fingerprint density at radius 2 is 1.68 bits per heavy atom. The Labute approximate surface area is 162 Å². The zero-order chi connectivity index (χ0) is 21.2. The monoisotopic (exact) mass is 403 g/mol. The van der Waals surface area contributed by atoms with Crippen molar-refractivity contribution in [2.24, 2.45) is 0 Å². The van der Waals surface area contributed by atoms with Gasteiger partial charge in [0.25, 0.3) is 0 Å². The molecule has 156 valence electrons. The summed E-state index contributed by atoms with van der Waals surface area (Å²) in [6.07, 6.45) is -3.21. The molecule has 0 aliphatic carbocycles. The van der Waals surface area contributed by atoms with E-state index in [0.29, 0.717) is 0 Å². The molecule has 0 saturated carbocycles. The van der Waals surface area contributed by atoms with Gasteiger partial charge in [-0.05, 0) is 33.8 Å². The average molecular weight is 403 g/mol. The minimum absolute atomic E-state index is 0.311. The SMILES string of the molecule is CC1(C)OB(c2ccc(N3CCNCC3)nc2)OC1(C)C.O=C(O)C(F)(F)F. The molecule has 2 aliphatic rings. The fourth-order valence-corrected chi connectivity index (χ4v) is 2.60. The van der Waals surface area contributed by atoms with E-state index in [1.165, 1.54) is 0 Å². The number of hydrogen-bond acceptors (Lipinski definition) is 6. The highest BCUT2D eigenvalue weighted by molar-refractivity contribution is 6.62. The molecule has 2 saturated heterocycles. The number of piperazine rings is 1. The topological polar surface area (TPSA) is 83.9 Å². The lowest BCUT2D eigenvalue weighted by Gasteiger charge is -2.32. The second-order valence-corrected chi connectivity index (χ2v) is 7.58. The van der Waals surface area contributed by atoms with E-state index in [9.17, 15) is 13.2 Å². The summed E-state index contributed by atoms with van der Waals surface area (Å²) in [5, 5.41) is 10.5. The van der Waals surface area contributed by atoms with Gasteiger partial charge < -0.3 is 24.6 Å². The van der Waals surface area contributed by atoms with Gasteiger partial charge in [-0.25, -0.2) is 9.78 Å². The average Bonchev–Trinajstić information content (AvgIpc) is 2.83. The molecule has 11 heteroatoms. The van der Waals surface area contributed by atoms with Crippen LogP contribution in [-0.4, -0.2) is 66.7 Å². The van der Waals surface area contributed by atoms with Crippen LogP contribution < -0.4 is 15.7 Å². The second kappa shape index (κ2) is 8.26. The largest absolute Gasteiger partial charge is 0.496 e. The van der Waals surface area contributed by atoms with Crippen molar-refractivity contribution in [3.63, 3.8) is 0 Å². The van der Waals surface area contributed by atoms with Crippen LogP contribution in [-0.2, 0) is 14.1 Å². The smallest absolute Gasteiger partial charge is 0.475 e. The van der Waals surface area contributed by atoms with E-state index >= 15 is 0 Å². The number of alkyl halides is 3. The molecule has 1 aromatic heterocycles. The molecule has 28 heavy (non-hydrogen) atoms. The van der Waals surface area contributed by atoms with E-state index in [4.69, 9.17) is 19.2 Å². The van der Waals surface area contributed by atoms with Gasteiger partial charge in [0.15, 0.2) is 0 Å². The molecule has 0 bridgehead atoms. The fourth-order valence-electron chi connectivity index (χ4n) is 2.60. The number of carboxylic acids is 1. The van der Waals surface area contributed by atoms with Crippen LogP contribution in [0.4, 0.5) is 19.0 Å². The molecule has 0 amide bonds. The van der Waals surface area contributed by atoms with E-state index in [0.717, 1.165) is 37.5 Å². The Balaban J connectivity index is 0.000000345. The standard InChI is InChI=1S/C15H24BN3O2.C2HF3O2/c1-14(2)15(3,4)21-16(20-14)12-5-6-13(18-11-12)19-9-7-17-8-10-19;3-2(4,5)1(6)7/h5-6,11,17H,7-10H2,1-4H3;(H,6,7). The lowest BCUT2D eigenvalue weighted by Crippen LogP contribution is -2.44. The van der Waals surface area contributed by atoms with Gasteiger partial charge in [-0.15, -0.1) is 0 Å². The summed E-state index contributed by atoms with van der Waals surface area (Å²) >= 11 is 0. The molecule has 0 radical (unpaired) electrons. The molecule has 2 aliphatic heterocycles. The van der Waals surface area contributed by atoms with Crippen LogP contribution >= 0.6 is 0 Å². The Bertz CT molecular complexity index is 661. The van der Waals surface area contributed by atoms with Crippen molar-refractivity contribution in [2.45, 2.75) is 45.1 Å². The maximum Gasteiger partial charge on any atom is 0.496 e. The van der Waals surface area contributed by atoms with Crippen molar-refractivity contribution in [2.75, 3.05) is 31.1 Å². The molecule has 0 unspecified atom stereocenters. The number of carboxylic acid groups (broad SMARTS) is 1. The highest BCUT2D eigenvalue weighted by atomic mass is 19.4. The number of hydrogen-bond donors (Lipinski definition) is 2. The van der Waals surface area contributed by atoms with Crippen molar-refractivity contribution >= 4 is 24.4 Å². The first kappa shape index (κ1) is 22.4. The predicted molar refractivity (Wildman–Crippen MR) is 98.7 cm³/mol. The van der Waals surface area contributed by atoms with Crippen LogP contribution in [0.15, 0.2) is 18.3 Å². The summed E-state index contributed by atoms with van der Waals surface area (Å²) in [6, 6.07) is 4.12. The van der Waals surface area contributed by atoms with Crippen LogP contribution in [0.2, 0.25) is 0 Å². The van der Waals surface area contributed by atoms with Gasteiger partial charge in [0.2, 0.25) is 0 Å². The third-order valence-corrected chi connectivity index (χ3v) is 4.98. The Hall–Kier alpha value is -1.85. The highest BCUT2D eigenvalue weighted by Gasteiger charge is 2.51. The number of anilines is 1. The molecular weight excluding hydrogens is 378 g/mol. The summed E-state index contributed by atoms with van der Waals surface area (Å²) in [6.45, 7) is 12.3. The molecule has 2 N–H and O–H groups in total. The van der Waals surface area contributed by atoms with Gasteiger partial charge >= 0.3 is 19.3 Å². The molecule has 3 rings (SSSR count). The number of halogens is 3. The van der Waals surface area contributed by atoms with Gasteiger partial charge in [-0.1, -0.05) is 6.07 Å². The Morgan fingerprint density at radius 3 is 2.07 bits per heavy atom. The van der Waals surface area contributed by atoms with E-state index in [2.05, 4.69) is 55.0 Å². The van der Waals surface area contributed by atoms with Crippen LogP contribution in [0, 0.1) is 0 Å². The maximum absolute atomic E-state index is 10.6. The normalized spacial score (nSPS) is 21.1. The number of rotatable bonds is 2. The summed E-state index contributed by atoms with van der Waals surface area (Å²) in [4.78, 5) is 15.8. The second-order valence-electron chi connectivity index (χ2n) is 7.58. The Kier molecular flexibility index (Phi) is 6.62. The summed E-state index contributed by atoms with van der Waals surface area (Å²) in [5.74, 6) is -1.73. The van der Waals surface area contributed by atoms with Crippen LogP contribution in [0.25, 0.3) is 0 Å². The molecular formula is C17H25BF3N3O4. The maximum atomic E-state index is 10.6. The predicted octanol–water partition coefficient (Wildman–Crippen LogP) is 1.42. The molecule has 1 aromatic rings. The van der Waals surface area contributed by atoms with Gasteiger partial charge in [0.05, 0.1) is 11.2 Å². The minimum atomic E-state index is -5.08. The van der Waals surface area contributed by atoms with Gasteiger partial charge in [-0.2, -0.15) is 13.2 Å². The fraction of sp³-hybridized carbons (Fsp3) is 0.647. The third kappa shape index (κ3) is 5.36. The van der Waals surface area contributed by atoms with Crippen LogP contribution in [0.1, 0.15) is 27.7 Å². The number of pyridine rings is 1. The Morgan fingerprint density at radius 1 is 1.18 bits per heavy atom. The lowest BCUT2D eigenvalue weighted by molar-refractivity contribution is -0.192. The van der Waals surface area contributed by atoms with E-state index in [1.54, 1.807) is 0 Å². The minimum Gasteiger partial charge on any atom is -0.475 e. The van der Waals surface area contributed by atoms with E-state index in [1.807, 2.05) is 6.20 Å². The number of aliphatic carboxylic acids is 1. The first-order valence-electron chi connectivity index (χ1n) is 8.91. The number of nitrogens with zero attached hydrogens (tertiary/aromatic N) is 2. The first-order valence-corrected chi connectivity index (χ1v) is 8.91. The number of aromatic nitrogens is 1. The molecule has 0 aromatic carbocycles. The van der Waals surface area contributed by atoms with Crippen molar-refractivity contribution in [3.05, 3.63) is 18.3 Å². The number of carbonyl (C=O) groups is 1. The highest BCUT2D eigenvalue weighted by Crippen LogP contribution is 2.36. The molecule has 3 heterocycles. The molecule has 0 atom stereocenters. The van der Waals surface area contributed by atoms with Crippen LogP contribution in [0.5, 0.6) is 0 Å². The van der Waals surface area contributed by atoms with Gasteiger partial charge in [-0.3, -0.25) is 0 Å². The first-order chi connectivity index (χ1) is 12.8. The molecule has 0 spiro atoms. The van der Waals surface area contributed by atoms with E-state index < -0.39 is 12.1 Å². The van der Waals surface area contributed by atoms with E-state index in [-0.39, 0.29) is 18.3 Å². The summed E-state index contributed by atoms with van der Waals surface area (Å²) < 4.78 is 43.8. The zero-order valence-electron chi connectivity index (χ0n) is 16.3. The summed E-state index contributed by atoms with van der Waals surface area (Å²) in [5.41, 5.74) is 0.358. The van der Waals surface area contributed by atoms with Crippen molar-refractivity contribution in [1.29, 1.82) is 0 Å².